The van der Waals surface area contributed by atoms with E-state index in [1.807, 2.05) is 42.3 Å². The summed E-state index contributed by atoms with van der Waals surface area (Å²) in [6.07, 6.45) is -0.0802. The summed E-state index contributed by atoms with van der Waals surface area (Å²) in [7, 11) is 1.85. The van der Waals surface area contributed by atoms with Crippen LogP contribution in [0.2, 0.25) is 0 Å². The first-order valence-corrected chi connectivity index (χ1v) is 6.93. The fraction of sp³-hybridized carbons (Fsp3) is 0.467. The van der Waals surface area contributed by atoms with E-state index in [4.69, 9.17) is 9.84 Å². The van der Waals surface area contributed by atoms with Gasteiger partial charge in [0.25, 0.3) is 0 Å². The Bertz CT molecular complexity index is 492. The number of carboxylic acids is 1. The number of alkyl carbamates (subject to hydrolysis) is 1. The number of carbonyl (C=O) groups excluding carboxylic acids is 1. The summed E-state index contributed by atoms with van der Waals surface area (Å²) in [5, 5.41) is 11.8. The predicted molar refractivity (Wildman–Crippen MR) is 76.8 cm³/mol. The zero-order valence-electron chi connectivity index (χ0n) is 12.0. The van der Waals surface area contributed by atoms with Crippen molar-refractivity contribution in [1.29, 1.82) is 0 Å². The van der Waals surface area contributed by atoms with Crippen LogP contribution in [0.3, 0.4) is 0 Å². The molecule has 1 heterocycles. The predicted octanol–water partition coefficient (Wildman–Crippen LogP) is 1.32. The molecule has 1 aliphatic heterocycles. The quantitative estimate of drug-likeness (QED) is 0.875. The summed E-state index contributed by atoms with van der Waals surface area (Å²) in [4.78, 5) is 24.7. The Morgan fingerprint density at radius 2 is 2.05 bits per heavy atom. The van der Waals surface area contributed by atoms with Crippen LogP contribution in [0.15, 0.2) is 30.3 Å². The van der Waals surface area contributed by atoms with Crippen LogP contribution in [0.5, 0.6) is 0 Å². The molecule has 21 heavy (non-hydrogen) atoms. The Balaban J connectivity index is 1.80. The van der Waals surface area contributed by atoms with Crippen LogP contribution in [-0.4, -0.2) is 48.2 Å². The minimum atomic E-state index is -0.828. The summed E-state index contributed by atoms with van der Waals surface area (Å²) in [6.45, 7) is 1.34. The second-order valence-electron chi connectivity index (χ2n) is 5.40. The first-order chi connectivity index (χ1) is 10.0. The average Bonchev–Trinajstić information content (AvgIpc) is 2.45. The molecule has 114 valence electrons. The van der Waals surface area contributed by atoms with E-state index in [2.05, 4.69) is 5.32 Å². The molecule has 1 fully saturated rings. The summed E-state index contributed by atoms with van der Waals surface area (Å²) in [6, 6.07) is 9.21. The first kappa shape index (κ1) is 15.3. The SMILES string of the molecule is CN1CC(NC(=O)OCc2ccccc2)CC(C(=O)O)C1. The van der Waals surface area contributed by atoms with Crippen molar-refractivity contribution in [3.63, 3.8) is 0 Å². The molecule has 6 nitrogen and oxygen atoms in total. The molecule has 1 saturated heterocycles. The number of likely N-dealkylation sites (tertiary alicyclic amines) is 1. The van der Waals surface area contributed by atoms with Gasteiger partial charge in [0.1, 0.15) is 6.61 Å². The van der Waals surface area contributed by atoms with Gasteiger partial charge in [0.15, 0.2) is 0 Å². The van der Waals surface area contributed by atoms with Crippen LogP contribution in [0.1, 0.15) is 12.0 Å². The number of nitrogens with one attached hydrogen (secondary N) is 1. The smallest absolute Gasteiger partial charge is 0.407 e. The van der Waals surface area contributed by atoms with E-state index in [1.165, 1.54) is 0 Å². The van der Waals surface area contributed by atoms with Crippen molar-refractivity contribution in [3.8, 4) is 0 Å². The summed E-state index contributed by atoms with van der Waals surface area (Å²) < 4.78 is 5.15. The second-order valence-corrected chi connectivity index (χ2v) is 5.40. The normalized spacial score (nSPS) is 22.5. The average molecular weight is 292 g/mol. The van der Waals surface area contributed by atoms with Crippen LogP contribution in [-0.2, 0) is 16.1 Å². The maximum atomic E-state index is 11.8. The summed E-state index contributed by atoms with van der Waals surface area (Å²) in [5.74, 6) is -1.28. The monoisotopic (exact) mass is 292 g/mol. The van der Waals surface area contributed by atoms with Crippen LogP contribution in [0.25, 0.3) is 0 Å². The highest BCUT2D eigenvalue weighted by Crippen LogP contribution is 2.16. The number of nitrogens with zero attached hydrogens (tertiary/aromatic N) is 1. The molecule has 1 aliphatic rings. The van der Waals surface area contributed by atoms with Crippen molar-refractivity contribution < 1.29 is 19.4 Å². The molecular formula is C15H20N2O4. The number of likely N-dealkylation sites (N-methyl/N-ethyl adjacent to an activating group) is 1. The number of aliphatic carboxylic acids is 1. The van der Waals surface area contributed by atoms with E-state index in [0.717, 1.165) is 5.56 Å². The number of carboxylic acid groups (broad SMARTS) is 1. The lowest BCUT2D eigenvalue weighted by Gasteiger charge is -2.33. The lowest BCUT2D eigenvalue weighted by atomic mass is 9.95. The molecule has 2 N–H and O–H groups in total. The van der Waals surface area contributed by atoms with E-state index >= 15 is 0 Å². The molecule has 1 amide bonds. The third-order valence-corrected chi connectivity index (χ3v) is 3.52. The Kier molecular flexibility index (Phi) is 5.16. The van der Waals surface area contributed by atoms with Gasteiger partial charge in [0, 0.05) is 19.1 Å². The first-order valence-electron chi connectivity index (χ1n) is 6.93. The molecule has 1 aromatic carbocycles. The zero-order valence-corrected chi connectivity index (χ0v) is 12.0. The number of ether oxygens (including phenoxy) is 1. The number of carbonyl (C=O) groups is 2. The van der Waals surface area contributed by atoms with Gasteiger partial charge in [-0.3, -0.25) is 4.79 Å². The van der Waals surface area contributed by atoms with E-state index in [1.54, 1.807) is 0 Å². The van der Waals surface area contributed by atoms with Gasteiger partial charge in [-0.2, -0.15) is 0 Å². The number of rotatable bonds is 4. The van der Waals surface area contributed by atoms with E-state index in [0.29, 0.717) is 19.5 Å². The van der Waals surface area contributed by atoms with Crippen molar-refractivity contribution in [1.82, 2.24) is 10.2 Å². The highest BCUT2D eigenvalue weighted by atomic mass is 16.5. The van der Waals surface area contributed by atoms with Crippen LogP contribution in [0.4, 0.5) is 4.79 Å². The molecule has 2 unspecified atom stereocenters. The molecule has 2 atom stereocenters. The van der Waals surface area contributed by atoms with Gasteiger partial charge in [0.05, 0.1) is 5.92 Å². The summed E-state index contributed by atoms with van der Waals surface area (Å²) in [5.41, 5.74) is 0.914. The fourth-order valence-electron chi connectivity index (χ4n) is 2.53. The van der Waals surface area contributed by atoms with Crippen molar-refractivity contribution in [2.75, 3.05) is 20.1 Å². The lowest BCUT2D eigenvalue weighted by molar-refractivity contribution is -0.143. The molecule has 6 heteroatoms. The third kappa shape index (κ3) is 4.75. The topological polar surface area (TPSA) is 78.9 Å². The minimum absolute atomic E-state index is 0.201. The summed E-state index contributed by atoms with van der Waals surface area (Å²) >= 11 is 0. The molecule has 0 radical (unpaired) electrons. The van der Waals surface area contributed by atoms with Crippen molar-refractivity contribution in [2.24, 2.45) is 5.92 Å². The van der Waals surface area contributed by atoms with Crippen LogP contribution < -0.4 is 5.32 Å². The van der Waals surface area contributed by atoms with Gasteiger partial charge in [-0.25, -0.2) is 4.79 Å². The lowest BCUT2D eigenvalue weighted by Crippen LogP contribution is -2.51. The van der Waals surface area contributed by atoms with Crippen LogP contribution >= 0.6 is 0 Å². The molecule has 0 spiro atoms. The molecule has 0 aromatic heterocycles. The number of amides is 1. The largest absolute Gasteiger partial charge is 0.481 e. The molecule has 2 rings (SSSR count). The highest BCUT2D eigenvalue weighted by Gasteiger charge is 2.30. The standard InChI is InChI=1S/C15H20N2O4/c1-17-8-12(14(18)19)7-13(9-17)16-15(20)21-10-11-5-3-2-4-6-11/h2-6,12-13H,7-10H2,1H3,(H,16,20)(H,18,19). The zero-order chi connectivity index (χ0) is 15.2. The van der Waals surface area contributed by atoms with Crippen molar-refractivity contribution >= 4 is 12.1 Å². The third-order valence-electron chi connectivity index (χ3n) is 3.52. The number of piperidine rings is 1. The van der Waals surface area contributed by atoms with E-state index < -0.39 is 18.0 Å². The Hall–Kier alpha value is -2.08. The number of benzene rings is 1. The maximum absolute atomic E-state index is 11.8. The highest BCUT2D eigenvalue weighted by molar-refractivity contribution is 5.71. The minimum Gasteiger partial charge on any atom is -0.481 e. The Labute approximate surface area is 123 Å². The molecule has 0 saturated carbocycles. The van der Waals surface area contributed by atoms with Crippen molar-refractivity contribution in [3.05, 3.63) is 35.9 Å². The van der Waals surface area contributed by atoms with Gasteiger partial charge >= 0.3 is 12.1 Å². The molecule has 1 aromatic rings. The van der Waals surface area contributed by atoms with Crippen LogP contribution in [0, 0.1) is 5.92 Å². The van der Waals surface area contributed by atoms with Gasteiger partial charge in [-0.15, -0.1) is 0 Å². The Morgan fingerprint density at radius 3 is 2.71 bits per heavy atom. The van der Waals surface area contributed by atoms with Gasteiger partial charge < -0.3 is 20.1 Å². The molecule has 0 bridgehead atoms. The van der Waals surface area contributed by atoms with Crippen molar-refractivity contribution in [2.45, 2.75) is 19.1 Å². The molecular weight excluding hydrogens is 272 g/mol. The van der Waals surface area contributed by atoms with Gasteiger partial charge in [-0.1, -0.05) is 30.3 Å². The Morgan fingerprint density at radius 1 is 1.33 bits per heavy atom. The van der Waals surface area contributed by atoms with Gasteiger partial charge in [-0.05, 0) is 19.0 Å². The van der Waals surface area contributed by atoms with E-state index in [-0.39, 0.29) is 12.6 Å². The number of hydrogen-bond acceptors (Lipinski definition) is 4. The molecule has 0 aliphatic carbocycles. The maximum Gasteiger partial charge on any atom is 0.407 e. The van der Waals surface area contributed by atoms with Gasteiger partial charge in [0.2, 0.25) is 0 Å². The van der Waals surface area contributed by atoms with E-state index in [9.17, 15) is 9.59 Å². The fourth-order valence-corrected chi connectivity index (χ4v) is 2.53. The second kappa shape index (κ2) is 7.08. The number of hydrogen-bond donors (Lipinski definition) is 2.